The third kappa shape index (κ3) is 2.07. The van der Waals surface area contributed by atoms with Gasteiger partial charge in [0.05, 0.1) is 10.6 Å². The van der Waals surface area contributed by atoms with Gasteiger partial charge in [0.1, 0.15) is 12.1 Å². The van der Waals surface area contributed by atoms with E-state index in [9.17, 15) is 0 Å². The van der Waals surface area contributed by atoms with Crippen LogP contribution in [0.5, 0.6) is 0 Å². The van der Waals surface area contributed by atoms with E-state index >= 15 is 0 Å². The number of aryl methyl sites for hydroxylation is 1. The van der Waals surface area contributed by atoms with E-state index in [2.05, 4.69) is 48.2 Å². The summed E-state index contributed by atoms with van der Waals surface area (Å²) in [5.41, 5.74) is 2.15. The van der Waals surface area contributed by atoms with Gasteiger partial charge in [0, 0.05) is 17.0 Å². The normalized spacial score (nSPS) is 10.4. The molecule has 0 aromatic carbocycles. The summed E-state index contributed by atoms with van der Waals surface area (Å²) in [6, 6.07) is 4.24. The van der Waals surface area contributed by atoms with Crippen LogP contribution in [0.25, 0.3) is 10.6 Å². The van der Waals surface area contributed by atoms with Gasteiger partial charge in [-0.2, -0.15) is 0 Å². The molecule has 2 aromatic heterocycles. The molecular weight excluding hydrogens is 218 g/mol. The van der Waals surface area contributed by atoms with Gasteiger partial charge in [0.2, 0.25) is 0 Å². The summed E-state index contributed by atoms with van der Waals surface area (Å²) in [7, 11) is 0. The molecule has 16 heavy (non-hydrogen) atoms. The highest BCUT2D eigenvalue weighted by Gasteiger charge is 2.09. The summed E-state index contributed by atoms with van der Waals surface area (Å²) < 4.78 is 0. The number of nitrogens with one attached hydrogen (secondary N) is 1. The molecule has 2 aromatic rings. The molecule has 0 radical (unpaired) electrons. The van der Waals surface area contributed by atoms with E-state index in [0.717, 1.165) is 23.6 Å². The van der Waals surface area contributed by atoms with Gasteiger partial charge in [0.15, 0.2) is 0 Å². The summed E-state index contributed by atoms with van der Waals surface area (Å²) in [5.74, 6) is 0.929. The lowest BCUT2D eigenvalue weighted by Gasteiger charge is -2.08. The Morgan fingerprint density at radius 3 is 2.69 bits per heavy atom. The average Bonchev–Trinajstić information content (AvgIpc) is 2.68. The molecule has 84 valence electrons. The zero-order valence-corrected chi connectivity index (χ0v) is 10.6. The Bertz CT molecular complexity index is 491. The van der Waals surface area contributed by atoms with Gasteiger partial charge in [-0.3, -0.25) is 0 Å². The van der Waals surface area contributed by atoms with Gasteiger partial charge in [-0.1, -0.05) is 0 Å². The van der Waals surface area contributed by atoms with Crippen molar-refractivity contribution in [1.82, 2.24) is 9.97 Å². The van der Waals surface area contributed by atoms with Crippen molar-refractivity contribution >= 4 is 17.2 Å². The molecule has 0 aliphatic rings. The summed E-state index contributed by atoms with van der Waals surface area (Å²) in [4.78, 5) is 11.1. The Labute approximate surface area is 99.6 Å². The minimum atomic E-state index is 0.876. The third-order valence-electron chi connectivity index (χ3n) is 2.40. The highest BCUT2D eigenvalue weighted by atomic mass is 32.1. The van der Waals surface area contributed by atoms with Gasteiger partial charge in [0.25, 0.3) is 0 Å². The van der Waals surface area contributed by atoms with Crippen molar-refractivity contribution in [1.29, 1.82) is 0 Å². The maximum atomic E-state index is 4.36. The topological polar surface area (TPSA) is 37.8 Å². The molecule has 0 fully saturated rings. The predicted molar refractivity (Wildman–Crippen MR) is 69.0 cm³/mol. The summed E-state index contributed by atoms with van der Waals surface area (Å²) in [6.07, 6.45) is 1.62. The zero-order chi connectivity index (χ0) is 11.5. The van der Waals surface area contributed by atoms with Crippen molar-refractivity contribution in [2.75, 3.05) is 11.9 Å². The van der Waals surface area contributed by atoms with Crippen LogP contribution in [0, 0.1) is 13.8 Å². The molecule has 4 heteroatoms. The predicted octanol–water partition coefficient (Wildman–Crippen LogP) is 3.25. The van der Waals surface area contributed by atoms with Crippen molar-refractivity contribution < 1.29 is 0 Å². The van der Waals surface area contributed by atoms with Crippen LogP contribution in [-0.2, 0) is 0 Å². The first kappa shape index (κ1) is 11.1. The Morgan fingerprint density at radius 2 is 2.06 bits per heavy atom. The van der Waals surface area contributed by atoms with Crippen molar-refractivity contribution in [2.45, 2.75) is 20.8 Å². The van der Waals surface area contributed by atoms with Crippen LogP contribution >= 0.6 is 11.3 Å². The minimum absolute atomic E-state index is 0.876. The smallest absolute Gasteiger partial charge is 0.132 e. The van der Waals surface area contributed by atoms with E-state index in [-0.39, 0.29) is 0 Å². The third-order valence-corrected chi connectivity index (χ3v) is 3.41. The first-order valence-electron chi connectivity index (χ1n) is 5.34. The van der Waals surface area contributed by atoms with E-state index in [1.54, 1.807) is 17.7 Å². The molecule has 1 N–H and O–H groups in total. The van der Waals surface area contributed by atoms with Crippen molar-refractivity contribution in [3.8, 4) is 10.6 Å². The molecule has 0 saturated carbocycles. The molecule has 0 saturated heterocycles. The second-order valence-electron chi connectivity index (χ2n) is 3.64. The monoisotopic (exact) mass is 233 g/mol. The fourth-order valence-corrected chi connectivity index (χ4v) is 2.53. The van der Waals surface area contributed by atoms with Gasteiger partial charge >= 0.3 is 0 Å². The Kier molecular flexibility index (Phi) is 3.19. The quantitative estimate of drug-likeness (QED) is 0.884. The largest absolute Gasteiger partial charge is 0.370 e. The minimum Gasteiger partial charge on any atom is -0.370 e. The molecule has 2 rings (SSSR count). The maximum absolute atomic E-state index is 4.36. The van der Waals surface area contributed by atoms with Crippen molar-refractivity contribution in [2.24, 2.45) is 0 Å². The van der Waals surface area contributed by atoms with Gasteiger partial charge in [-0.05, 0) is 32.9 Å². The molecular formula is C12H15N3S. The van der Waals surface area contributed by atoms with Gasteiger partial charge in [-0.15, -0.1) is 11.3 Å². The van der Waals surface area contributed by atoms with E-state index in [4.69, 9.17) is 0 Å². The Hall–Kier alpha value is -1.42. The SMILES string of the molecule is CCNc1ncnc(-c2ccc(C)s2)c1C. The van der Waals surface area contributed by atoms with E-state index in [1.807, 2.05) is 0 Å². The van der Waals surface area contributed by atoms with E-state index < -0.39 is 0 Å². The van der Waals surface area contributed by atoms with Crippen LogP contribution in [0.2, 0.25) is 0 Å². The number of nitrogens with zero attached hydrogens (tertiary/aromatic N) is 2. The molecule has 0 aliphatic carbocycles. The second-order valence-corrected chi connectivity index (χ2v) is 4.92. The number of aromatic nitrogens is 2. The summed E-state index contributed by atoms with van der Waals surface area (Å²) in [6.45, 7) is 7.11. The summed E-state index contributed by atoms with van der Waals surface area (Å²) in [5, 5.41) is 3.25. The van der Waals surface area contributed by atoms with Crippen LogP contribution < -0.4 is 5.32 Å². The fraction of sp³-hybridized carbons (Fsp3) is 0.333. The van der Waals surface area contributed by atoms with Gasteiger partial charge < -0.3 is 5.32 Å². The maximum Gasteiger partial charge on any atom is 0.132 e. The lowest BCUT2D eigenvalue weighted by molar-refractivity contribution is 1.09. The van der Waals surface area contributed by atoms with E-state index in [1.165, 1.54) is 9.75 Å². The number of rotatable bonds is 3. The molecule has 0 aliphatic heterocycles. The van der Waals surface area contributed by atoms with Crippen LogP contribution in [0.4, 0.5) is 5.82 Å². The molecule has 0 unspecified atom stereocenters. The lowest BCUT2D eigenvalue weighted by Crippen LogP contribution is -2.03. The first-order valence-corrected chi connectivity index (χ1v) is 6.16. The molecule has 2 heterocycles. The summed E-state index contributed by atoms with van der Waals surface area (Å²) >= 11 is 1.76. The highest BCUT2D eigenvalue weighted by molar-refractivity contribution is 7.15. The van der Waals surface area contributed by atoms with Crippen LogP contribution in [0.3, 0.4) is 0 Å². The Morgan fingerprint density at radius 1 is 1.25 bits per heavy atom. The molecule has 0 amide bonds. The number of hydrogen-bond acceptors (Lipinski definition) is 4. The molecule has 0 atom stereocenters. The molecule has 0 bridgehead atoms. The zero-order valence-electron chi connectivity index (χ0n) is 9.74. The molecule has 0 spiro atoms. The van der Waals surface area contributed by atoms with E-state index in [0.29, 0.717) is 0 Å². The van der Waals surface area contributed by atoms with Crippen LogP contribution in [-0.4, -0.2) is 16.5 Å². The number of anilines is 1. The van der Waals surface area contributed by atoms with Crippen LogP contribution in [0.1, 0.15) is 17.4 Å². The number of thiophene rings is 1. The van der Waals surface area contributed by atoms with Gasteiger partial charge in [-0.25, -0.2) is 9.97 Å². The molecule has 3 nitrogen and oxygen atoms in total. The highest BCUT2D eigenvalue weighted by Crippen LogP contribution is 2.30. The lowest BCUT2D eigenvalue weighted by atomic mass is 10.2. The standard InChI is InChI=1S/C12H15N3S/c1-4-13-12-9(3)11(14-7-15-12)10-6-5-8(2)16-10/h5-7H,4H2,1-3H3,(H,13,14,15). The first-order chi connectivity index (χ1) is 7.72. The van der Waals surface area contributed by atoms with Crippen molar-refractivity contribution in [3.05, 3.63) is 28.9 Å². The van der Waals surface area contributed by atoms with Crippen molar-refractivity contribution in [3.63, 3.8) is 0 Å². The average molecular weight is 233 g/mol. The fourth-order valence-electron chi connectivity index (χ4n) is 1.61. The second kappa shape index (κ2) is 4.61. The Balaban J connectivity index is 2.45. The number of hydrogen-bond donors (Lipinski definition) is 1. The van der Waals surface area contributed by atoms with Crippen LogP contribution in [0.15, 0.2) is 18.5 Å².